The first kappa shape index (κ1) is 11.8. The van der Waals surface area contributed by atoms with Gasteiger partial charge in [-0.05, 0) is 22.6 Å². The first-order chi connectivity index (χ1) is 5.79. The molecule has 1 rings (SSSR count). The van der Waals surface area contributed by atoms with E-state index in [4.69, 9.17) is 0 Å². The number of hydrogen-bond donors (Lipinski definition) is 1. The molecule has 1 aliphatic rings. The van der Waals surface area contributed by atoms with Crippen LogP contribution in [0, 0.1) is 0 Å². The molecule has 1 nitrogen and oxygen atoms in total. The van der Waals surface area contributed by atoms with Crippen molar-refractivity contribution >= 4 is 45.2 Å². The van der Waals surface area contributed by atoms with Crippen LogP contribution in [0.15, 0.2) is 21.8 Å². The summed E-state index contributed by atoms with van der Waals surface area (Å²) in [4.78, 5) is 0. The van der Waals surface area contributed by atoms with E-state index in [0.29, 0.717) is 3.58 Å². The smallest absolute Gasteiger partial charge is 0.386 e. The summed E-state index contributed by atoms with van der Waals surface area (Å²) in [6.45, 7) is 0. The summed E-state index contributed by atoms with van der Waals surface area (Å²) in [6.07, 6.45) is -2.18. The van der Waals surface area contributed by atoms with Gasteiger partial charge in [0.2, 0.25) is 0 Å². The number of aliphatic hydroxyl groups excluding tert-OH is 1. The summed E-state index contributed by atoms with van der Waals surface area (Å²) in [6, 6.07) is 0. The second-order valence-electron chi connectivity index (χ2n) is 2.58. The Morgan fingerprint density at radius 2 is 2.00 bits per heavy atom. The maximum atomic E-state index is 12.5. The predicted molar refractivity (Wildman–Crippen MR) is 60.1 cm³/mol. The van der Waals surface area contributed by atoms with Gasteiger partial charge in [-0.25, -0.2) is 0 Å². The van der Waals surface area contributed by atoms with Crippen LogP contribution in [0.25, 0.3) is 0 Å². The molecule has 6 heteroatoms. The zero-order valence-electron chi connectivity index (χ0n) is 6.15. The summed E-state index contributed by atoms with van der Waals surface area (Å²) in [5.41, 5.74) is 0. The van der Waals surface area contributed by atoms with Crippen LogP contribution >= 0.6 is 45.2 Å². The average molecular weight is 416 g/mol. The van der Waals surface area contributed by atoms with Crippen molar-refractivity contribution in [3.63, 3.8) is 0 Å². The molecule has 0 saturated heterocycles. The van der Waals surface area contributed by atoms with Gasteiger partial charge >= 0.3 is 6.18 Å². The van der Waals surface area contributed by atoms with E-state index in [1.807, 2.05) is 0 Å². The molecule has 2 atom stereocenters. The maximum absolute atomic E-state index is 12.5. The lowest BCUT2D eigenvalue weighted by molar-refractivity contribution is -0.158. The third kappa shape index (κ3) is 2.04. The highest BCUT2D eigenvalue weighted by Gasteiger charge is 2.57. The number of alkyl halides is 4. The van der Waals surface area contributed by atoms with Crippen molar-refractivity contribution in [2.45, 2.75) is 15.7 Å². The van der Waals surface area contributed by atoms with E-state index in [-0.39, 0.29) is 0 Å². The van der Waals surface area contributed by atoms with E-state index in [1.54, 1.807) is 22.6 Å². The molecule has 0 aromatic rings. The fraction of sp³-hybridized carbons (Fsp3) is 0.429. The van der Waals surface area contributed by atoms with Gasteiger partial charge in [0.25, 0.3) is 0 Å². The molecule has 0 aromatic heterocycles. The fourth-order valence-electron chi connectivity index (χ4n) is 0.913. The van der Waals surface area contributed by atoms with Gasteiger partial charge in [-0.2, -0.15) is 13.2 Å². The number of halogens is 5. The van der Waals surface area contributed by atoms with Gasteiger partial charge < -0.3 is 5.11 Å². The van der Waals surface area contributed by atoms with Crippen molar-refractivity contribution in [2.24, 2.45) is 0 Å². The van der Waals surface area contributed by atoms with E-state index in [0.717, 1.165) is 6.08 Å². The summed E-state index contributed by atoms with van der Waals surface area (Å²) in [7, 11) is 0. The van der Waals surface area contributed by atoms with Crippen molar-refractivity contribution in [1.29, 1.82) is 0 Å². The monoisotopic (exact) mass is 416 g/mol. The highest BCUT2D eigenvalue weighted by molar-refractivity contribution is 14.1. The summed E-state index contributed by atoms with van der Waals surface area (Å²) in [5, 5.41) is 9.38. The van der Waals surface area contributed by atoms with Crippen molar-refractivity contribution in [3.05, 3.63) is 21.8 Å². The van der Waals surface area contributed by atoms with Gasteiger partial charge in [0.15, 0.2) is 3.42 Å². The van der Waals surface area contributed by atoms with Crippen molar-refractivity contribution in [3.8, 4) is 0 Å². The SMILES string of the molecule is OC1C(I)=CC=CC1(I)C(F)(F)F. The third-order valence-electron chi connectivity index (χ3n) is 1.69. The van der Waals surface area contributed by atoms with Gasteiger partial charge in [0.05, 0.1) is 0 Å². The number of aliphatic hydroxyl groups is 1. The van der Waals surface area contributed by atoms with Gasteiger partial charge in [-0.3, -0.25) is 0 Å². The van der Waals surface area contributed by atoms with Crippen LogP contribution in [0.3, 0.4) is 0 Å². The molecule has 0 radical (unpaired) electrons. The average Bonchev–Trinajstić information content (AvgIpc) is 1.98. The fourth-order valence-corrected chi connectivity index (χ4v) is 2.75. The molecule has 0 bridgehead atoms. The number of hydrogen-bond acceptors (Lipinski definition) is 1. The molecule has 0 aliphatic heterocycles. The minimum atomic E-state index is -4.44. The Balaban J connectivity index is 3.07. The Morgan fingerprint density at radius 1 is 1.46 bits per heavy atom. The molecule has 2 unspecified atom stereocenters. The molecular formula is C7H5F3I2O. The van der Waals surface area contributed by atoms with E-state index >= 15 is 0 Å². The molecule has 0 spiro atoms. The van der Waals surface area contributed by atoms with Crippen LogP contribution in [-0.4, -0.2) is 20.8 Å². The minimum Gasteiger partial charge on any atom is -0.386 e. The van der Waals surface area contributed by atoms with Crippen LogP contribution in [0.5, 0.6) is 0 Å². The van der Waals surface area contributed by atoms with Crippen molar-refractivity contribution < 1.29 is 18.3 Å². The first-order valence-corrected chi connectivity index (χ1v) is 5.43. The first-order valence-electron chi connectivity index (χ1n) is 3.27. The minimum absolute atomic E-state index is 0.298. The highest BCUT2D eigenvalue weighted by Crippen LogP contribution is 2.46. The van der Waals surface area contributed by atoms with Crippen LogP contribution in [0.2, 0.25) is 0 Å². The zero-order chi connectivity index (χ0) is 10.3. The van der Waals surface area contributed by atoms with Crippen LogP contribution in [0.1, 0.15) is 0 Å². The largest absolute Gasteiger partial charge is 0.409 e. The molecule has 13 heavy (non-hydrogen) atoms. The molecule has 0 fully saturated rings. The molecule has 0 heterocycles. The maximum Gasteiger partial charge on any atom is 0.409 e. The molecule has 74 valence electrons. The Labute approximate surface area is 100 Å². The molecular weight excluding hydrogens is 411 g/mol. The van der Waals surface area contributed by atoms with Crippen LogP contribution in [0.4, 0.5) is 13.2 Å². The van der Waals surface area contributed by atoms with E-state index in [9.17, 15) is 18.3 Å². The summed E-state index contributed by atoms with van der Waals surface area (Å²) < 4.78 is 35.6. The quantitative estimate of drug-likeness (QED) is 0.476. The van der Waals surface area contributed by atoms with Crippen molar-refractivity contribution in [1.82, 2.24) is 0 Å². The van der Waals surface area contributed by atoms with Crippen LogP contribution < -0.4 is 0 Å². The molecule has 0 saturated carbocycles. The lowest BCUT2D eigenvalue weighted by Gasteiger charge is -2.33. The standard InChI is InChI=1S/C7H5F3I2O/c8-7(9,10)6(12)3-1-2-4(11)5(6)13/h1-3,5,13H. The van der Waals surface area contributed by atoms with E-state index in [2.05, 4.69) is 0 Å². The molecule has 1 N–H and O–H groups in total. The Kier molecular flexibility index (Phi) is 3.34. The van der Waals surface area contributed by atoms with Gasteiger partial charge in [0, 0.05) is 3.58 Å². The lowest BCUT2D eigenvalue weighted by atomic mass is 9.97. The topological polar surface area (TPSA) is 20.2 Å². The lowest BCUT2D eigenvalue weighted by Crippen LogP contribution is -2.48. The van der Waals surface area contributed by atoms with E-state index in [1.165, 1.54) is 34.7 Å². The van der Waals surface area contributed by atoms with Crippen LogP contribution in [-0.2, 0) is 0 Å². The predicted octanol–water partition coefficient (Wildman–Crippen LogP) is 2.97. The second-order valence-corrected chi connectivity index (χ2v) is 5.61. The Hall–Kier alpha value is 0.690. The highest BCUT2D eigenvalue weighted by atomic mass is 127. The molecule has 0 aromatic carbocycles. The third-order valence-corrected chi connectivity index (χ3v) is 4.20. The molecule has 1 aliphatic carbocycles. The van der Waals surface area contributed by atoms with E-state index < -0.39 is 15.7 Å². The van der Waals surface area contributed by atoms with Crippen molar-refractivity contribution in [2.75, 3.05) is 0 Å². The molecule has 0 amide bonds. The Morgan fingerprint density at radius 3 is 2.38 bits per heavy atom. The number of rotatable bonds is 0. The van der Waals surface area contributed by atoms with Gasteiger partial charge in [-0.1, -0.05) is 40.8 Å². The second kappa shape index (κ2) is 3.69. The number of allylic oxidation sites excluding steroid dienone is 2. The summed E-state index contributed by atoms with van der Waals surface area (Å²) >= 11 is 2.93. The zero-order valence-corrected chi connectivity index (χ0v) is 10.5. The van der Waals surface area contributed by atoms with Gasteiger partial charge in [-0.15, -0.1) is 0 Å². The Bertz CT molecular complexity index is 271. The van der Waals surface area contributed by atoms with Gasteiger partial charge in [0.1, 0.15) is 6.10 Å². The normalized spacial score (nSPS) is 34.6. The summed E-state index contributed by atoms with van der Waals surface area (Å²) in [5.74, 6) is 0.